The van der Waals surface area contributed by atoms with E-state index in [0.717, 1.165) is 0 Å². The van der Waals surface area contributed by atoms with E-state index in [4.69, 9.17) is 11.6 Å². The minimum absolute atomic E-state index is 0.0335. The van der Waals surface area contributed by atoms with Crippen molar-refractivity contribution in [2.75, 3.05) is 16.4 Å². The predicted molar refractivity (Wildman–Crippen MR) is 67.0 cm³/mol. The second-order valence-corrected chi connectivity index (χ2v) is 6.26. The van der Waals surface area contributed by atoms with Gasteiger partial charge >= 0.3 is 0 Å². The zero-order valence-corrected chi connectivity index (χ0v) is 11.7. The van der Waals surface area contributed by atoms with Crippen LogP contribution in [0.2, 0.25) is 0 Å². The van der Waals surface area contributed by atoms with E-state index in [-0.39, 0.29) is 17.5 Å². The fourth-order valence-corrected chi connectivity index (χ4v) is 2.80. The van der Waals surface area contributed by atoms with Gasteiger partial charge < -0.3 is 0 Å². The molecule has 16 heavy (non-hydrogen) atoms. The van der Waals surface area contributed by atoms with Crippen LogP contribution in [0, 0.1) is 5.92 Å². The van der Waals surface area contributed by atoms with Gasteiger partial charge in [-0.05, 0) is 21.8 Å². The van der Waals surface area contributed by atoms with Gasteiger partial charge in [0.05, 0.1) is 18.1 Å². The van der Waals surface area contributed by atoms with E-state index in [2.05, 4.69) is 30.6 Å². The van der Waals surface area contributed by atoms with Crippen molar-refractivity contribution < 1.29 is 8.42 Å². The summed E-state index contributed by atoms with van der Waals surface area (Å²) in [5.74, 6) is 0.355. The van der Waals surface area contributed by atoms with Crippen LogP contribution in [-0.4, -0.2) is 30.0 Å². The number of aromatic nitrogens is 2. The molecular weight excluding hydrogens is 318 g/mol. The van der Waals surface area contributed by atoms with E-state index in [9.17, 15) is 8.42 Å². The third-order valence-corrected chi connectivity index (χ3v) is 4.11. The molecule has 5 nitrogen and oxygen atoms in total. The maximum absolute atomic E-state index is 11.6. The average molecular weight is 329 g/mol. The van der Waals surface area contributed by atoms with Gasteiger partial charge in [-0.15, -0.1) is 11.6 Å². The van der Waals surface area contributed by atoms with Crippen molar-refractivity contribution in [3.05, 3.63) is 17.0 Å². The number of rotatable bonds is 5. The van der Waals surface area contributed by atoms with E-state index in [1.807, 2.05) is 0 Å². The number of halogens is 2. The molecule has 0 aromatic carbocycles. The van der Waals surface area contributed by atoms with Crippen molar-refractivity contribution in [2.45, 2.75) is 6.92 Å². The molecular formula is C8H11BrClN3O2S. The average Bonchev–Trinajstić information content (AvgIpc) is 2.20. The normalized spacial score (nSPS) is 13.4. The molecule has 90 valence electrons. The number of hydrogen-bond acceptors (Lipinski definition) is 4. The van der Waals surface area contributed by atoms with Gasteiger partial charge in [0.15, 0.2) is 5.82 Å². The number of nitrogens with one attached hydrogen (secondary N) is 1. The summed E-state index contributed by atoms with van der Waals surface area (Å²) in [5, 5.41) is 0. The van der Waals surface area contributed by atoms with Gasteiger partial charge in [-0.1, -0.05) is 6.92 Å². The molecule has 1 heterocycles. The van der Waals surface area contributed by atoms with Crippen molar-refractivity contribution >= 4 is 43.4 Å². The van der Waals surface area contributed by atoms with Crippen molar-refractivity contribution in [1.82, 2.24) is 9.97 Å². The van der Waals surface area contributed by atoms with Crippen molar-refractivity contribution in [2.24, 2.45) is 5.92 Å². The molecule has 0 bridgehead atoms. The molecule has 1 atom stereocenters. The molecule has 0 aliphatic carbocycles. The largest absolute Gasteiger partial charge is 0.266 e. The summed E-state index contributed by atoms with van der Waals surface area (Å²) in [5.41, 5.74) is 0. The molecule has 0 fully saturated rings. The third kappa shape index (κ3) is 4.63. The summed E-state index contributed by atoms with van der Waals surface area (Å²) in [6.07, 6.45) is 2.76. The lowest BCUT2D eigenvalue weighted by Gasteiger charge is -2.09. The Kier molecular flexibility index (Phi) is 4.94. The zero-order chi connectivity index (χ0) is 12.2. The first-order chi connectivity index (χ1) is 7.43. The molecule has 1 rings (SSSR count). The first-order valence-corrected chi connectivity index (χ1v) is 7.45. The van der Waals surface area contributed by atoms with Gasteiger partial charge in [0.25, 0.3) is 0 Å². The maximum Gasteiger partial charge on any atom is 0.234 e. The molecule has 1 aromatic heterocycles. The van der Waals surface area contributed by atoms with E-state index in [1.54, 1.807) is 6.92 Å². The highest BCUT2D eigenvalue weighted by molar-refractivity contribution is 9.10. The first-order valence-electron chi connectivity index (χ1n) is 4.47. The van der Waals surface area contributed by atoms with Crippen LogP contribution in [0.25, 0.3) is 0 Å². The van der Waals surface area contributed by atoms with E-state index < -0.39 is 10.0 Å². The summed E-state index contributed by atoms with van der Waals surface area (Å²) in [4.78, 5) is 7.73. The number of sulfonamides is 1. The standard InChI is InChI=1S/C8H11BrClN3O2S/c1-6(2-10)5-16(14,15)13-8-4-11-7(9)3-12-8/h3-4,6H,2,5H2,1H3,(H,12,13). The summed E-state index contributed by atoms with van der Waals surface area (Å²) < 4.78 is 26.1. The Balaban J connectivity index is 2.69. The van der Waals surface area contributed by atoms with Crippen molar-refractivity contribution in [3.63, 3.8) is 0 Å². The lowest BCUT2D eigenvalue weighted by atomic mass is 10.3. The highest BCUT2D eigenvalue weighted by Crippen LogP contribution is 2.10. The van der Waals surface area contributed by atoms with E-state index in [0.29, 0.717) is 10.5 Å². The quantitative estimate of drug-likeness (QED) is 0.837. The Bertz CT molecular complexity index is 437. The van der Waals surface area contributed by atoms with Gasteiger partial charge in [-0.25, -0.2) is 18.4 Å². The molecule has 8 heteroatoms. The summed E-state index contributed by atoms with van der Waals surface area (Å²) in [6, 6.07) is 0. The van der Waals surface area contributed by atoms with Crippen LogP contribution >= 0.6 is 27.5 Å². The smallest absolute Gasteiger partial charge is 0.234 e. The molecule has 1 aromatic rings. The van der Waals surface area contributed by atoms with Crippen molar-refractivity contribution in [3.8, 4) is 0 Å². The Morgan fingerprint density at radius 1 is 1.50 bits per heavy atom. The molecule has 0 spiro atoms. The lowest BCUT2D eigenvalue weighted by Crippen LogP contribution is -2.22. The second kappa shape index (κ2) is 5.79. The highest BCUT2D eigenvalue weighted by Gasteiger charge is 2.15. The summed E-state index contributed by atoms with van der Waals surface area (Å²) in [6.45, 7) is 1.76. The Hall–Kier alpha value is -0.400. The minimum atomic E-state index is -3.41. The molecule has 0 saturated carbocycles. The molecule has 0 amide bonds. The van der Waals surface area contributed by atoms with E-state index in [1.165, 1.54) is 12.4 Å². The zero-order valence-electron chi connectivity index (χ0n) is 8.52. The second-order valence-electron chi connectivity index (χ2n) is 3.37. The molecule has 0 aliphatic heterocycles. The monoisotopic (exact) mass is 327 g/mol. The molecule has 1 N–H and O–H groups in total. The fraction of sp³-hybridized carbons (Fsp3) is 0.500. The number of nitrogens with zero attached hydrogens (tertiary/aromatic N) is 2. The molecule has 1 unspecified atom stereocenters. The van der Waals surface area contributed by atoms with E-state index >= 15 is 0 Å². The fourth-order valence-electron chi connectivity index (χ4n) is 0.985. The van der Waals surface area contributed by atoms with Crippen LogP contribution < -0.4 is 4.72 Å². The Morgan fingerprint density at radius 3 is 2.69 bits per heavy atom. The summed E-state index contributed by atoms with van der Waals surface area (Å²) >= 11 is 8.66. The number of hydrogen-bond donors (Lipinski definition) is 1. The Morgan fingerprint density at radius 2 is 2.19 bits per heavy atom. The van der Waals surface area contributed by atoms with Crippen LogP contribution in [0.3, 0.4) is 0 Å². The van der Waals surface area contributed by atoms with Crippen LogP contribution in [-0.2, 0) is 10.0 Å². The number of alkyl halides is 1. The first kappa shape index (κ1) is 13.7. The highest BCUT2D eigenvalue weighted by atomic mass is 79.9. The SMILES string of the molecule is CC(CCl)CS(=O)(=O)Nc1cnc(Br)cn1. The van der Waals surface area contributed by atoms with Crippen LogP contribution in [0.4, 0.5) is 5.82 Å². The van der Waals surface area contributed by atoms with Crippen molar-refractivity contribution in [1.29, 1.82) is 0 Å². The topological polar surface area (TPSA) is 72.0 Å². The minimum Gasteiger partial charge on any atom is -0.266 e. The van der Waals surface area contributed by atoms with Gasteiger partial charge in [0.1, 0.15) is 4.60 Å². The van der Waals surface area contributed by atoms with Crippen LogP contribution in [0.5, 0.6) is 0 Å². The van der Waals surface area contributed by atoms with Gasteiger partial charge in [-0.2, -0.15) is 0 Å². The Labute approximate surface area is 108 Å². The molecule has 0 aliphatic rings. The summed E-state index contributed by atoms with van der Waals surface area (Å²) in [7, 11) is -3.41. The molecule has 0 radical (unpaired) electrons. The third-order valence-electron chi connectivity index (χ3n) is 1.65. The van der Waals surface area contributed by atoms with Gasteiger partial charge in [0.2, 0.25) is 10.0 Å². The van der Waals surface area contributed by atoms with Gasteiger partial charge in [-0.3, -0.25) is 4.72 Å². The van der Waals surface area contributed by atoms with Crippen LogP contribution in [0.15, 0.2) is 17.0 Å². The number of anilines is 1. The predicted octanol–water partition coefficient (Wildman–Crippen LogP) is 1.86. The molecule has 0 saturated heterocycles. The van der Waals surface area contributed by atoms with Gasteiger partial charge in [0, 0.05) is 5.88 Å². The van der Waals surface area contributed by atoms with Crippen LogP contribution in [0.1, 0.15) is 6.92 Å². The maximum atomic E-state index is 11.6. The lowest BCUT2D eigenvalue weighted by molar-refractivity contribution is 0.588.